The number of aryl methyl sites for hydroxylation is 1. The molecule has 0 N–H and O–H groups in total. The first kappa shape index (κ1) is 11.2. The molecule has 0 aliphatic carbocycles. The van der Waals surface area contributed by atoms with Crippen molar-refractivity contribution in [1.82, 2.24) is 14.5 Å². The van der Waals surface area contributed by atoms with E-state index >= 15 is 0 Å². The number of anilines is 1. The first-order valence-corrected chi connectivity index (χ1v) is 5.55. The van der Waals surface area contributed by atoms with Crippen molar-refractivity contribution < 1.29 is 0 Å². The minimum absolute atomic E-state index is 0.00449. The Balaban J connectivity index is 2.30. The summed E-state index contributed by atoms with van der Waals surface area (Å²) < 4.78 is 1.61. The van der Waals surface area contributed by atoms with Crippen LogP contribution in [0.15, 0.2) is 11.0 Å². The summed E-state index contributed by atoms with van der Waals surface area (Å²) in [6, 6.07) is 0. The van der Waals surface area contributed by atoms with Gasteiger partial charge in [-0.2, -0.15) is 0 Å². The summed E-state index contributed by atoms with van der Waals surface area (Å²) in [4.78, 5) is 20.6. The average Bonchev–Trinajstić information content (AvgIpc) is 2.25. The maximum atomic E-state index is 11.9. The van der Waals surface area contributed by atoms with Crippen LogP contribution in [0.5, 0.6) is 0 Å². The molecule has 0 radical (unpaired) electrons. The third-order valence-electron chi connectivity index (χ3n) is 2.98. The van der Waals surface area contributed by atoms with Gasteiger partial charge in [-0.15, -0.1) is 0 Å². The van der Waals surface area contributed by atoms with E-state index in [4.69, 9.17) is 0 Å². The summed E-state index contributed by atoms with van der Waals surface area (Å²) in [5.74, 6) is 0.593. The van der Waals surface area contributed by atoms with Crippen molar-refractivity contribution in [3.63, 3.8) is 0 Å². The van der Waals surface area contributed by atoms with Crippen LogP contribution in [0.25, 0.3) is 0 Å². The Hall–Kier alpha value is -1.30. The summed E-state index contributed by atoms with van der Waals surface area (Å²) >= 11 is 0. The summed E-state index contributed by atoms with van der Waals surface area (Å²) in [6.07, 6.45) is 1.77. The standard InChI is InChI=1S/C10H17BN4O/c1-13-3-5-15(6-4-13)9-10(16)14(2)7-8(11)12-9/h7H,3-6,11H2,1-2H3. The van der Waals surface area contributed by atoms with Crippen LogP contribution in [0.1, 0.15) is 0 Å². The Morgan fingerprint density at radius 3 is 2.50 bits per heavy atom. The van der Waals surface area contributed by atoms with Gasteiger partial charge in [0.25, 0.3) is 5.56 Å². The molecule has 0 aromatic carbocycles. The van der Waals surface area contributed by atoms with E-state index in [-0.39, 0.29) is 5.56 Å². The molecule has 1 aromatic heterocycles. The van der Waals surface area contributed by atoms with E-state index in [9.17, 15) is 4.79 Å². The zero-order valence-electron chi connectivity index (χ0n) is 10.1. The lowest BCUT2D eigenvalue weighted by Crippen LogP contribution is -2.47. The Morgan fingerprint density at radius 1 is 1.25 bits per heavy atom. The number of piperazine rings is 1. The predicted molar refractivity (Wildman–Crippen MR) is 67.4 cm³/mol. The smallest absolute Gasteiger partial charge is 0.293 e. The minimum atomic E-state index is -0.00449. The van der Waals surface area contributed by atoms with Crippen LogP contribution in [0.3, 0.4) is 0 Å². The Morgan fingerprint density at radius 2 is 1.88 bits per heavy atom. The number of hydrogen-bond acceptors (Lipinski definition) is 4. The van der Waals surface area contributed by atoms with Crippen molar-refractivity contribution in [3.05, 3.63) is 16.6 Å². The van der Waals surface area contributed by atoms with E-state index in [1.165, 1.54) is 0 Å². The lowest BCUT2D eigenvalue weighted by Gasteiger charge is -2.32. The van der Waals surface area contributed by atoms with Gasteiger partial charge in [0.05, 0.1) is 0 Å². The van der Waals surface area contributed by atoms with E-state index in [1.54, 1.807) is 17.8 Å². The summed E-state index contributed by atoms with van der Waals surface area (Å²) in [5.41, 5.74) is 0.881. The molecule has 2 rings (SSSR count). The molecular weight excluding hydrogens is 203 g/mol. The quantitative estimate of drug-likeness (QED) is 0.503. The molecule has 5 nitrogen and oxygen atoms in total. The predicted octanol–water partition coefficient (Wildman–Crippen LogP) is -2.21. The van der Waals surface area contributed by atoms with Gasteiger partial charge in [0.2, 0.25) is 0 Å². The van der Waals surface area contributed by atoms with Crippen molar-refractivity contribution in [1.29, 1.82) is 0 Å². The number of nitrogens with zero attached hydrogens (tertiary/aromatic N) is 4. The Labute approximate surface area is 96.1 Å². The van der Waals surface area contributed by atoms with Crippen molar-refractivity contribution in [2.75, 3.05) is 38.1 Å². The molecule has 0 unspecified atom stereocenters. The van der Waals surface area contributed by atoms with Crippen LogP contribution in [0.4, 0.5) is 5.82 Å². The zero-order chi connectivity index (χ0) is 11.7. The average molecular weight is 220 g/mol. The molecule has 1 aliphatic rings. The molecule has 0 bridgehead atoms. The van der Waals surface area contributed by atoms with Crippen LogP contribution in [0.2, 0.25) is 0 Å². The van der Waals surface area contributed by atoms with Gasteiger partial charge < -0.3 is 14.4 Å². The summed E-state index contributed by atoms with van der Waals surface area (Å²) in [5, 5.41) is 0. The van der Waals surface area contributed by atoms with Crippen molar-refractivity contribution in [2.45, 2.75) is 0 Å². The van der Waals surface area contributed by atoms with Crippen molar-refractivity contribution >= 4 is 19.3 Å². The summed E-state index contributed by atoms with van der Waals surface area (Å²) in [7, 11) is 5.79. The SMILES string of the molecule is Bc1cn(C)c(=O)c(N2CCN(C)CC2)n1. The highest BCUT2D eigenvalue weighted by Crippen LogP contribution is 2.06. The third kappa shape index (κ3) is 2.11. The summed E-state index contributed by atoms with van der Waals surface area (Å²) in [6.45, 7) is 3.72. The first-order valence-electron chi connectivity index (χ1n) is 5.55. The second-order valence-corrected chi connectivity index (χ2v) is 4.41. The van der Waals surface area contributed by atoms with Gasteiger partial charge in [-0.25, -0.2) is 4.98 Å². The van der Waals surface area contributed by atoms with Gasteiger partial charge >= 0.3 is 0 Å². The van der Waals surface area contributed by atoms with Crippen LogP contribution in [-0.2, 0) is 7.05 Å². The van der Waals surface area contributed by atoms with Crippen LogP contribution in [0, 0.1) is 0 Å². The molecule has 0 saturated carbocycles. The van der Waals surface area contributed by atoms with Gasteiger partial charge in [0.1, 0.15) is 0 Å². The van der Waals surface area contributed by atoms with E-state index in [2.05, 4.69) is 21.8 Å². The fraction of sp³-hybridized carbons (Fsp3) is 0.600. The number of rotatable bonds is 1. The molecule has 86 valence electrons. The van der Waals surface area contributed by atoms with Gasteiger partial charge in [-0.05, 0) is 7.05 Å². The topological polar surface area (TPSA) is 41.4 Å². The molecule has 6 heteroatoms. The Bertz CT molecular complexity index is 437. The molecule has 1 saturated heterocycles. The van der Waals surface area contributed by atoms with Crippen molar-refractivity contribution in [3.8, 4) is 0 Å². The fourth-order valence-corrected chi connectivity index (χ4v) is 1.96. The largest absolute Gasteiger partial charge is 0.349 e. The molecule has 0 amide bonds. The molecule has 2 heterocycles. The maximum absolute atomic E-state index is 11.9. The number of aromatic nitrogens is 2. The molecule has 1 aliphatic heterocycles. The molecular formula is C10H17BN4O. The van der Waals surface area contributed by atoms with Crippen molar-refractivity contribution in [2.24, 2.45) is 7.05 Å². The lowest BCUT2D eigenvalue weighted by atomic mass is 10.1. The minimum Gasteiger partial charge on any atom is -0.349 e. The monoisotopic (exact) mass is 220 g/mol. The molecule has 0 spiro atoms. The molecule has 16 heavy (non-hydrogen) atoms. The van der Waals surface area contributed by atoms with Gasteiger partial charge in [-0.3, -0.25) is 4.79 Å². The van der Waals surface area contributed by atoms with E-state index in [0.717, 1.165) is 31.8 Å². The maximum Gasteiger partial charge on any atom is 0.293 e. The Kier molecular flexibility index (Phi) is 3.00. The highest BCUT2D eigenvalue weighted by Gasteiger charge is 2.18. The highest BCUT2D eigenvalue weighted by molar-refractivity contribution is 6.30. The number of hydrogen-bond donors (Lipinski definition) is 0. The van der Waals surface area contributed by atoms with E-state index in [0.29, 0.717) is 5.82 Å². The van der Waals surface area contributed by atoms with E-state index < -0.39 is 0 Å². The fourth-order valence-electron chi connectivity index (χ4n) is 1.96. The zero-order valence-corrected chi connectivity index (χ0v) is 10.1. The third-order valence-corrected chi connectivity index (χ3v) is 2.98. The molecule has 1 aromatic rings. The first-order chi connectivity index (χ1) is 7.58. The van der Waals surface area contributed by atoms with Crippen LogP contribution < -0.4 is 16.1 Å². The normalized spacial score (nSPS) is 17.8. The van der Waals surface area contributed by atoms with Crippen LogP contribution in [-0.4, -0.2) is 55.5 Å². The van der Waals surface area contributed by atoms with Gasteiger partial charge in [0, 0.05) is 45.0 Å². The van der Waals surface area contributed by atoms with E-state index in [1.807, 2.05) is 7.85 Å². The molecule has 0 atom stereocenters. The van der Waals surface area contributed by atoms with Crippen LogP contribution >= 0.6 is 0 Å². The lowest BCUT2D eigenvalue weighted by molar-refractivity contribution is 0.311. The number of likely N-dealkylation sites (N-methyl/N-ethyl adjacent to an activating group) is 1. The highest BCUT2D eigenvalue weighted by atomic mass is 16.1. The van der Waals surface area contributed by atoms with Gasteiger partial charge in [0.15, 0.2) is 13.7 Å². The second kappa shape index (κ2) is 4.29. The van der Waals surface area contributed by atoms with Gasteiger partial charge in [-0.1, -0.05) is 0 Å². The second-order valence-electron chi connectivity index (χ2n) is 4.41. The molecule has 1 fully saturated rings.